The second-order valence-electron chi connectivity index (χ2n) is 5.29. The third-order valence-electron chi connectivity index (χ3n) is 3.18. The van der Waals surface area contributed by atoms with Crippen LogP contribution in [0, 0.1) is 6.92 Å². The van der Waals surface area contributed by atoms with Gasteiger partial charge in [0.2, 0.25) is 15.9 Å². The number of hydrogen-bond donors (Lipinski definition) is 1. The Bertz CT molecular complexity index is 869. The van der Waals surface area contributed by atoms with Crippen LogP contribution in [0.2, 0.25) is 10.0 Å². The highest BCUT2D eigenvalue weighted by atomic mass is 35.5. The van der Waals surface area contributed by atoms with E-state index in [4.69, 9.17) is 23.2 Å². The van der Waals surface area contributed by atoms with E-state index in [-0.39, 0.29) is 17.3 Å². The van der Waals surface area contributed by atoms with E-state index in [9.17, 15) is 13.2 Å². The Morgan fingerprint density at radius 3 is 2.42 bits per heavy atom. The maximum atomic E-state index is 12.2. The minimum Gasteiger partial charge on any atom is -0.325 e. The molecule has 1 N–H and O–H groups in total. The van der Waals surface area contributed by atoms with Gasteiger partial charge in [-0.2, -0.15) is 0 Å². The van der Waals surface area contributed by atoms with E-state index in [0.717, 1.165) is 16.1 Å². The van der Waals surface area contributed by atoms with Gasteiger partial charge in [-0.3, -0.25) is 9.10 Å². The van der Waals surface area contributed by atoms with Crippen LogP contribution in [-0.4, -0.2) is 27.1 Å². The fraction of sp³-hybridized carbons (Fsp3) is 0.188. The number of carbonyl (C=O) groups is 1. The minimum absolute atomic E-state index is 0.210. The normalized spacial score (nSPS) is 11.2. The van der Waals surface area contributed by atoms with E-state index in [1.807, 2.05) is 13.0 Å². The molecule has 2 aromatic rings. The van der Waals surface area contributed by atoms with Crippen LogP contribution in [0.15, 0.2) is 42.5 Å². The first kappa shape index (κ1) is 18.6. The second kappa shape index (κ2) is 7.42. The molecule has 0 aliphatic heterocycles. The predicted octanol–water partition coefficient (Wildman–Crippen LogP) is 3.71. The summed E-state index contributed by atoms with van der Waals surface area (Å²) in [5.74, 6) is -0.461. The van der Waals surface area contributed by atoms with Gasteiger partial charge in [0.15, 0.2) is 0 Å². The van der Waals surface area contributed by atoms with Gasteiger partial charge in [0.25, 0.3) is 0 Å². The zero-order chi connectivity index (χ0) is 17.9. The maximum Gasteiger partial charge on any atom is 0.245 e. The van der Waals surface area contributed by atoms with Crippen LogP contribution in [0.1, 0.15) is 5.56 Å². The van der Waals surface area contributed by atoms with Crippen molar-refractivity contribution in [3.05, 3.63) is 58.1 Å². The topological polar surface area (TPSA) is 66.5 Å². The first-order chi connectivity index (χ1) is 11.2. The number of rotatable bonds is 5. The summed E-state index contributed by atoms with van der Waals surface area (Å²) in [6.45, 7) is 1.53. The lowest BCUT2D eigenvalue weighted by Crippen LogP contribution is -2.37. The molecular weight excluding hydrogens is 371 g/mol. The molecule has 0 unspecified atom stereocenters. The molecule has 8 heteroatoms. The molecule has 1 amide bonds. The predicted molar refractivity (Wildman–Crippen MR) is 98.5 cm³/mol. The highest BCUT2D eigenvalue weighted by Crippen LogP contribution is 2.28. The molecule has 0 aromatic heterocycles. The van der Waals surface area contributed by atoms with Crippen molar-refractivity contribution in [2.75, 3.05) is 22.4 Å². The maximum absolute atomic E-state index is 12.2. The molecule has 2 rings (SSSR count). The molecule has 0 radical (unpaired) electrons. The number of carbonyl (C=O) groups excluding carboxylic acids is 1. The molecule has 0 atom stereocenters. The Kier molecular flexibility index (Phi) is 5.74. The van der Waals surface area contributed by atoms with E-state index < -0.39 is 15.9 Å². The van der Waals surface area contributed by atoms with E-state index in [2.05, 4.69) is 5.32 Å². The van der Waals surface area contributed by atoms with Gasteiger partial charge >= 0.3 is 0 Å². The van der Waals surface area contributed by atoms with Gasteiger partial charge in [0.1, 0.15) is 6.54 Å². The molecule has 0 bridgehead atoms. The summed E-state index contributed by atoms with van der Waals surface area (Å²) >= 11 is 11.8. The number of halogens is 2. The molecule has 128 valence electrons. The Morgan fingerprint density at radius 1 is 1.12 bits per heavy atom. The van der Waals surface area contributed by atoms with E-state index in [1.165, 1.54) is 18.2 Å². The molecule has 2 aromatic carbocycles. The molecule has 0 saturated carbocycles. The van der Waals surface area contributed by atoms with Crippen LogP contribution in [0.4, 0.5) is 11.4 Å². The number of amides is 1. The Hall–Kier alpha value is -1.76. The second-order valence-corrected chi connectivity index (χ2v) is 8.01. The average molecular weight is 387 g/mol. The highest BCUT2D eigenvalue weighted by Gasteiger charge is 2.21. The van der Waals surface area contributed by atoms with Gasteiger partial charge in [-0.1, -0.05) is 35.3 Å². The van der Waals surface area contributed by atoms with Crippen molar-refractivity contribution in [3.63, 3.8) is 0 Å². The Balaban J connectivity index is 2.23. The first-order valence-corrected chi connectivity index (χ1v) is 9.56. The average Bonchev–Trinajstić information content (AvgIpc) is 2.47. The lowest BCUT2D eigenvalue weighted by molar-refractivity contribution is -0.114. The fourth-order valence-corrected chi connectivity index (χ4v) is 3.23. The number of nitrogens with one attached hydrogen (secondary N) is 1. The van der Waals surface area contributed by atoms with Gasteiger partial charge in [-0.05, 0) is 42.8 Å². The molecule has 0 heterocycles. The van der Waals surface area contributed by atoms with Gasteiger partial charge in [0, 0.05) is 5.69 Å². The Morgan fingerprint density at radius 2 is 1.83 bits per heavy atom. The van der Waals surface area contributed by atoms with Crippen LogP contribution >= 0.6 is 23.2 Å². The van der Waals surface area contributed by atoms with Gasteiger partial charge in [-0.25, -0.2) is 8.42 Å². The van der Waals surface area contributed by atoms with Gasteiger partial charge in [-0.15, -0.1) is 0 Å². The lowest BCUT2D eigenvalue weighted by Gasteiger charge is -2.22. The minimum atomic E-state index is -3.67. The monoisotopic (exact) mass is 386 g/mol. The molecule has 0 spiro atoms. The Labute approximate surface area is 151 Å². The lowest BCUT2D eigenvalue weighted by atomic mass is 10.2. The zero-order valence-corrected chi connectivity index (χ0v) is 15.4. The summed E-state index contributed by atoms with van der Waals surface area (Å²) in [6, 6.07) is 11.6. The summed E-state index contributed by atoms with van der Waals surface area (Å²) in [5.41, 5.74) is 1.85. The molecule has 0 aliphatic rings. The zero-order valence-electron chi connectivity index (χ0n) is 13.1. The van der Waals surface area contributed by atoms with Crippen LogP contribution in [-0.2, 0) is 14.8 Å². The number of nitrogens with zero attached hydrogens (tertiary/aromatic N) is 1. The summed E-state index contributed by atoms with van der Waals surface area (Å²) in [5, 5.41) is 3.19. The number of anilines is 2. The summed E-state index contributed by atoms with van der Waals surface area (Å²) < 4.78 is 25.1. The van der Waals surface area contributed by atoms with E-state index in [1.54, 1.807) is 18.2 Å². The molecule has 0 aliphatic carbocycles. The van der Waals surface area contributed by atoms with Crippen LogP contribution in [0.3, 0.4) is 0 Å². The van der Waals surface area contributed by atoms with E-state index >= 15 is 0 Å². The molecule has 24 heavy (non-hydrogen) atoms. The smallest absolute Gasteiger partial charge is 0.245 e. The molecule has 5 nitrogen and oxygen atoms in total. The van der Waals surface area contributed by atoms with Crippen molar-refractivity contribution in [1.29, 1.82) is 0 Å². The third-order valence-corrected chi connectivity index (χ3v) is 5.06. The summed E-state index contributed by atoms with van der Waals surface area (Å²) in [7, 11) is -3.67. The van der Waals surface area contributed by atoms with Gasteiger partial charge < -0.3 is 5.32 Å². The first-order valence-electron chi connectivity index (χ1n) is 6.96. The molecule has 0 fully saturated rings. The fourth-order valence-electron chi connectivity index (χ4n) is 2.09. The quantitative estimate of drug-likeness (QED) is 0.851. The van der Waals surface area contributed by atoms with Crippen molar-refractivity contribution < 1.29 is 13.2 Å². The third kappa shape index (κ3) is 4.87. The summed E-state index contributed by atoms with van der Waals surface area (Å²) in [4.78, 5) is 12.2. The highest BCUT2D eigenvalue weighted by molar-refractivity contribution is 7.92. The summed E-state index contributed by atoms with van der Waals surface area (Å²) in [6.07, 6.45) is 1.02. The number of benzene rings is 2. The van der Waals surface area contributed by atoms with E-state index in [0.29, 0.717) is 10.7 Å². The van der Waals surface area contributed by atoms with Crippen molar-refractivity contribution in [1.82, 2.24) is 0 Å². The number of sulfonamides is 1. The van der Waals surface area contributed by atoms with Crippen LogP contribution in [0.25, 0.3) is 0 Å². The standard InChI is InChI=1S/C16H16Cl2N2O3S/c1-11-4-3-5-12(8-11)19-16(21)10-20(24(2,22)23)13-6-7-14(17)15(18)9-13/h3-9H,10H2,1-2H3,(H,19,21). The molecule has 0 saturated heterocycles. The SMILES string of the molecule is Cc1cccc(NC(=O)CN(c2ccc(Cl)c(Cl)c2)S(C)(=O)=O)c1. The molecular formula is C16H16Cl2N2O3S. The van der Waals surface area contributed by atoms with Crippen molar-refractivity contribution >= 4 is 50.5 Å². The van der Waals surface area contributed by atoms with Crippen molar-refractivity contribution in [2.24, 2.45) is 0 Å². The van der Waals surface area contributed by atoms with Crippen molar-refractivity contribution in [3.8, 4) is 0 Å². The van der Waals surface area contributed by atoms with Gasteiger partial charge in [0.05, 0.1) is 22.0 Å². The number of hydrogen-bond acceptors (Lipinski definition) is 3. The van der Waals surface area contributed by atoms with Crippen molar-refractivity contribution in [2.45, 2.75) is 6.92 Å². The largest absolute Gasteiger partial charge is 0.325 e. The van der Waals surface area contributed by atoms with Crippen LogP contribution in [0.5, 0.6) is 0 Å². The van der Waals surface area contributed by atoms with Crippen LogP contribution < -0.4 is 9.62 Å². The number of aryl methyl sites for hydroxylation is 1.